The lowest BCUT2D eigenvalue weighted by molar-refractivity contribution is -0.129. The lowest BCUT2D eigenvalue weighted by atomic mass is 9.96. The zero-order valence-electron chi connectivity index (χ0n) is 16.0. The smallest absolute Gasteiger partial charge is 0.227 e. The highest BCUT2D eigenvalue weighted by molar-refractivity contribution is 5.79. The molecule has 1 N–H and O–H groups in total. The molecule has 2 atom stereocenters. The Morgan fingerprint density at radius 3 is 2.64 bits per heavy atom. The number of carbonyl (C=O) groups excluding carboxylic acids is 1. The molecule has 0 spiro atoms. The Morgan fingerprint density at radius 1 is 1.28 bits per heavy atom. The second kappa shape index (κ2) is 9.32. The molecular formula is C20H32N2O3. The average Bonchev–Trinajstić information content (AvgIpc) is 2.99. The molecule has 1 saturated heterocycles. The minimum atomic E-state index is 0.135. The van der Waals surface area contributed by atoms with Crippen molar-refractivity contribution in [3.63, 3.8) is 0 Å². The second-order valence-corrected chi connectivity index (χ2v) is 7.35. The zero-order chi connectivity index (χ0) is 18.4. The number of aryl methyl sites for hydroxylation is 2. The summed E-state index contributed by atoms with van der Waals surface area (Å²) in [7, 11) is 3.76. The van der Waals surface area contributed by atoms with Crippen molar-refractivity contribution in [1.29, 1.82) is 0 Å². The monoisotopic (exact) mass is 348 g/mol. The minimum Gasteiger partial charge on any atom is -0.396 e. The first-order chi connectivity index (χ1) is 11.9. The van der Waals surface area contributed by atoms with Gasteiger partial charge >= 0.3 is 0 Å². The van der Waals surface area contributed by atoms with Gasteiger partial charge in [0.05, 0.1) is 13.0 Å². The molecule has 1 fully saturated rings. The molecule has 5 heteroatoms. The number of amides is 1. The molecule has 1 aromatic carbocycles. The molecular weight excluding hydrogens is 316 g/mol. The van der Waals surface area contributed by atoms with Crippen molar-refractivity contribution in [1.82, 2.24) is 9.80 Å². The Morgan fingerprint density at radius 2 is 2.00 bits per heavy atom. The van der Waals surface area contributed by atoms with Crippen LogP contribution in [0, 0.1) is 25.7 Å². The molecule has 2 rings (SSSR count). The number of methoxy groups -OCH3 is 1. The molecule has 1 aliphatic rings. The summed E-state index contributed by atoms with van der Waals surface area (Å²) in [5, 5.41) is 9.70. The van der Waals surface area contributed by atoms with Gasteiger partial charge in [-0.25, -0.2) is 0 Å². The summed E-state index contributed by atoms with van der Waals surface area (Å²) in [4.78, 5) is 16.8. The van der Waals surface area contributed by atoms with Crippen molar-refractivity contribution >= 4 is 5.91 Å². The number of benzene rings is 1. The maximum Gasteiger partial charge on any atom is 0.227 e. The molecule has 0 radical (unpaired) electrons. The van der Waals surface area contributed by atoms with Crippen LogP contribution in [0.5, 0.6) is 0 Å². The van der Waals surface area contributed by atoms with Crippen molar-refractivity contribution < 1.29 is 14.6 Å². The fourth-order valence-corrected chi connectivity index (χ4v) is 3.49. The van der Waals surface area contributed by atoms with Gasteiger partial charge in [-0.15, -0.1) is 0 Å². The number of aliphatic hydroxyl groups is 1. The summed E-state index contributed by atoms with van der Waals surface area (Å²) in [6.07, 6.45) is 0.436. The van der Waals surface area contributed by atoms with E-state index in [4.69, 9.17) is 4.74 Å². The van der Waals surface area contributed by atoms with Gasteiger partial charge in [0.15, 0.2) is 0 Å². The molecule has 25 heavy (non-hydrogen) atoms. The summed E-state index contributed by atoms with van der Waals surface area (Å²) >= 11 is 0. The number of aliphatic hydroxyl groups excluding tert-OH is 1. The second-order valence-electron chi connectivity index (χ2n) is 7.35. The topological polar surface area (TPSA) is 53.0 Å². The van der Waals surface area contributed by atoms with E-state index >= 15 is 0 Å². The van der Waals surface area contributed by atoms with Crippen LogP contribution in [0.3, 0.4) is 0 Å². The first kappa shape index (κ1) is 19.9. The van der Waals surface area contributed by atoms with E-state index in [9.17, 15) is 9.90 Å². The van der Waals surface area contributed by atoms with Crippen molar-refractivity contribution in [2.75, 3.05) is 53.6 Å². The molecule has 1 aromatic rings. The Labute approximate surface area is 151 Å². The number of hydrogen-bond acceptors (Lipinski definition) is 4. The Hall–Kier alpha value is -1.43. The number of hydrogen-bond donors (Lipinski definition) is 1. The third kappa shape index (κ3) is 5.53. The molecule has 5 nitrogen and oxygen atoms in total. The third-order valence-corrected chi connectivity index (χ3v) is 5.31. The van der Waals surface area contributed by atoms with Crippen LogP contribution in [0.1, 0.15) is 16.7 Å². The van der Waals surface area contributed by atoms with Gasteiger partial charge in [0.1, 0.15) is 0 Å². The van der Waals surface area contributed by atoms with Crippen LogP contribution >= 0.6 is 0 Å². The van der Waals surface area contributed by atoms with E-state index in [1.165, 1.54) is 11.1 Å². The van der Waals surface area contributed by atoms with E-state index in [1.807, 2.05) is 11.0 Å². The first-order valence-corrected chi connectivity index (χ1v) is 9.06. The maximum atomic E-state index is 12.7. The van der Waals surface area contributed by atoms with Crippen LogP contribution in [-0.4, -0.2) is 74.4 Å². The summed E-state index contributed by atoms with van der Waals surface area (Å²) in [5.41, 5.74) is 3.53. The fraction of sp³-hybridized carbons (Fsp3) is 0.650. The van der Waals surface area contributed by atoms with Gasteiger partial charge in [0.25, 0.3) is 0 Å². The van der Waals surface area contributed by atoms with Gasteiger partial charge in [-0.1, -0.05) is 18.2 Å². The molecule has 0 aromatic heterocycles. The molecule has 0 unspecified atom stereocenters. The standard InChI is InChI=1S/C20H32N2O3/c1-15-5-6-17(9-16(15)2)10-20(24)22-12-18(19(13-22)14-23)11-21(3)7-8-25-4/h5-6,9,18-19,23H,7-8,10-14H2,1-4H3/t18-,19-/m1/s1. The van der Waals surface area contributed by atoms with E-state index in [0.717, 1.165) is 25.2 Å². The van der Waals surface area contributed by atoms with E-state index in [0.29, 0.717) is 25.5 Å². The molecule has 1 aliphatic heterocycles. The Balaban J connectivity index is 1.93. The summed E-state index contributed by atoms with van der Waals surface area (Å²) in [6.45, 7) is 8.11. The van der Waals surface area contributed by atoms with Crippen LogP contribution in [0.2, 0.25) is 0 Å². The average molecular weight is 348 g/mol. The molecule has 0 aliphatic carbocycles. The highest BCUT2D eigenvalue weighted by atomic mass is 16.5. The van der Waals surface area contributed by atoms with Crippen LogP contribution in [0.4, 0.5) is 0 Å². The molecule has 0 saturated carbocycles. The maximum absolute atomic E-state index is 12.7. The molecule has 1 amide bonds. The SMILES string of the molecule is COCCN(C)C[C@@H]1CN(C(=O)Cc2ccc(C)c(C)c2)C[C@@H]1CO. The zero-order valence-corrected chi connectivity index (χ0v) is 16.0. The predicted molar refractivity (Wildman–Crippen MR) is 99.6 cm³/mol. The lowest BCUT2D eigenvalue weighted by Crippen LogP contribution is -2.34. The van der Waals surface area contributed by atoms with Crippen molar-refractivity contribution in [3.8, 4) is 0 Å². The van der Waals surface area contributed by atoms with Crippen molar-refractivity contribution in [2.24, 2.45) is 11.8 Å². The fourth-order valence-electron chi connectivity index (χ4n) is 3.49. The summed E-state index contributed by atoms with van der Waals surface area (Å²) < 4.78 is 5.12. The van der Waals surface area contributed by atoms with Crippen LogP contribution in [-0.2, 0) is 16.0 Å². The number of ether oxygens (including phenoxy) is 1. The van der Waals surface area contributed by atoms with E-state index < -0.39 is 0 Å². The number of carbonyl (C=O) groups is 1. The summed E-state index contributed by atoms with van der Waals surface area (Å²) in [6, 6.07) is 6.21. The van der Waals surface area contributed by atoms with E-state index in [2.05, 4.69) is 37.9 Å². The van der Waals surface area contributed by atoms with Crippen molar-refractivity contribution in [2.45, 2.75) is 20.3 Å². The molecule has 0 bridgehead atoms. The van der Waals surface area contributed by atoms with Crippen LogP contribution in [0.25, 0.3) is 0 Å². The van der Waals surface area contributed by atoms with E-state index in [-0.39, 0.29) is 18.4 Å². The Kier molecular flexibility index (Phi) is 7.41. The largest absolute Gasteiger partial charge is 0.396 e. The van der Waals surface area contributed by atoms with Crippen molar-refractivity contribution in [3.05, 3.63) is 34.9 Å². The highest BCUT2D eigenvalue weighted by Crippen LogP contribution is 2.25. The quantitative estimate of drug-likeness (QED) is 0.773. The van der Waals surface area contributed by atoms with E-state index in [1.54, 1.807) is 7.11 Å². The number of likely N-dealkylation sites (tertiary alicyclic amines) is 1. The third-order valence-electron chi connectivity index (χ3n) is 5.31. The number of likely N-dealkylation sites (N-methyl/N-ethyl adjacent to an activating group) is 1. The van der Waals surface area contributed by atoms with Gasteiger partial charge in [-0.2, -0.15) is 0 Å². The van der Waals surface area contributed by atoms with Gasteiger partial charge in [0.2, 0.25) is 5.91 Å². The van der Waals surface area contributed by atoms with Gasteiger partial charge < -0.3 is 19.6 Å². The first-order valence-electron chi connectivity index (χ1n) is 9.06. The number of rotatable bonds is 8. The normalized spacial score (nSPS) is 20.5. The molecule has 1 heterocycles. The predicted octanol–water partition coefficient (Wildman–Crippen LogP) is 1.49. The summed E-state index contributed by atoms with van der Waals surface area (Å²) in [5.74, 6) is 0.632. The Bertz CT molecular complexity index is 576. The highest BCUT2D eigenvalue weighted by Gasteiger charge is 2.35. The van der Waals surface area contributed by atoms with Crippen LogP contribution < -0.4 is 0 Å². The van der Waals surface area contributed by atoms with Gasteiger partial charge in [-0.3, -0.25) is 4.79 Å². The van der Waals surface area contributed by atoms with Crippen LogP contribution in [0.15, 0.2) is 18.2 Å². The lowest BCUT2D eigenvalue weighted by Gasteiger charge is -2.23. The van der Waals surface area contributed by atoms with Gasteiger partial charge in [0, 0.05) is 45.8 Å². The minimum absolute atomic E-state index is 0.135. The molecule has 140 valence electrons. The number of nitrogens with zero attached hydrogens (tertiary/aromatic N) is 2. The van der Waals surface area contributed by atoms with Gasteiger partial charge in [-0.05, 0) is 43.5 Å².